The zero-order valence-corrected chi connectivity index (χ0v) is 12.5. The van der Waals surface area contributed by atoms with Gasteiger partial charge in [0.05, 0.1) is 12.5 Å². The molecule has 0 aromatic carbocycles. The highest BCUT2D eigenvalue weighted by Gasteiger charge is 2.33. The standard InChI is InChI=1S/C15H21N5/c1-15(2)5-11(16-3)10-7-18-14(19-12(10)6-15)13-8-17-9-20(13)4/h7-9,11,16H,5-6H2,1-4H3. The molecule has 5 nitrogen and oxygen atoms in total. The molecule has 0 saturated heterocycles. The van der Waals surface area contributed by atoms with Gasteiger partial charge in [-0.2, -0.15) is 0 Å². The van der Waals surface area contributed by atoms with Crippen LogP contribution in [0.4, 0.5) is 0 Å². The smallest absolute Gasteiger partial charge is 0.178 e. The van der Waals surface area contributed by atoms with Crippen LogP contribution < -0.4 is 5.32 Å². The number of aromatic nitrogens is 4. The minimum Gasteiger partial charge on any atom is -0.331 e. The van der Waals surface area contributed by atoms with Crippen LogP contribution in [0.3, 0.4) is 0 Å². The number of rotatable bonds is 2. The van der Waals surface area contributed by atoms with E-state index in [0.717, 1.165) is 30.1 Å². The molecule has 2 heterocycles. The molecule has 0 saturated carbocycles. The first kappa shape index (κ1) is 13.2. The summed E-state index contributed by atoms with van der Waals surface area (Å²) in [5.41, 5.74) is 3.61. The Morgan fingerprint density at radius 2 is 2.15 bits per heavy atom. The van der Waals surface area contributed by atoms with Gasteiger partial charge in [-0.3, -0.25) is 0 Å². The third-order valence-electron chi connectivity index (χ3n) is 4.07. The molecule has 0 aliphatic heterocycles. The molecule has 0 bridgehead atoms. The molecule has 1 aliphatic rings. The Balaban J connectivity index is 2.06. The average Bonchev–Trinajstić information content (AvgIpc) is 2.82. The van der Waals surface area contributed by atoms with E-state index in [9.17, 15) is 0 Å². The average molecular weight is 271 g/mol. The molecule has 0 radical (unpaired) electrons. The van der Waals surface area contributed by atoms with Crippen molar-refractivity contribution in [2.24, 2.45) is 12.5 Å². The minimum atomic E-state index is 0.263. The van der Waals surface area contributed by atoms with Gasteiger partial charge in [0.15, 0.2) is 5.82 Å². The summed E-state index contributed by atoms with van der Waals surface area (Å²) in [5, 5.41) is 3.38. The van der Waals surface area contributed by atoms with E-state index in [1.54, 1.807) is 6.33 Å². The van der Waals surface area contributed by atoms with E-state index in [2.05, 4.69) is 29.1 Å². The van der Waals surface area contributed by atoms with Crippen LogP contribution in [0.25, 0.3) is 11.5 Å². The maximum Gasteiger partial charge on any atom is 0.178 e. The van der Waals surface area contributed by atoms with Crippen molar-refractivity contribution in [1.29, 1.82) is 0 Å². The van der Waals surface area contributed by atoms with Crippen LogP contribution >= 0.6 is 0 Å². The fourth-order valence-corrected chi connectivity index (χ4v) is 3.00. The highest BCUT2D eigenvalue weighted by molar-refractivity contribution is 5.49. The van der Waals surface area contributed by atoms with E-state index in [4.69, 9.17) is 4.98 Å². The van der Waals surface area contributed by atoms with E-state index in [0.29, 0.717) is 6.04 Å². The lowest BCUT2D eigenvalue weighted by Crippen LogP contribution is -2.32. The van der Waals surface area contributed by atoms with Gasteiger partial charge in [-0.1, -0.05) is 13.8 Å². The van der Waals surface area contributed by atoms with Crippen LogP contribution in [0.1, 0.15) is 37.6 Å². The van der Waals surface area contributed by atoms with Gasteiger partial charge < -0.3 is 9.88 Å². The van der Waals surface area contributed by atoms with E-state index in [-0.39, 0.29) is 5.41 Å². The summed E-state index contributed by atoms with van der Waals surface area (Å²) < 4.78 is 1.95. The van der Waals surface area contributed by atoms with Gasteiger partial charge in [0.1, 0.15) is 5.69 Å². The highest BCUT2D eigenvalue weighted by atomic mass is 15.1. The molecule has 5 heteroatoms. The predicted molar refractivity (Wildman–Crippen MR) is 78.1 cm³/mol. The van der Waals surface area contributed by atoms with Crippen molar-refractivity contribution in [1.82, 2.24) is 24.8 Å². The second-order valence-corrected chi connectivity index (χ2v) is 6.37. The molecule has 1 unspecified atom stereocenters. The maximum absolute atomic E-state index is 4.80. The van der Waals surface area contributed by atoms with E-state index in [1.165, 1.54) is 5.56 Å². The monoisotopic (exact) mass is 271 g/mol. The summed E-state index contributed by atoms with van der Waals surface area (Å²) >= 11 is 0. The van der Waals surface area contributed by atoms with E-state index < -0.39 is 0 Å². The molecule has 1 aliphatic carbocycles. The number of nitrogens with zero attached hydrogens (tertiary/aromatic N) is 4. The molecule has 2 aromatic heterocycles. The largest absolute Gasteiger partial charge is 0.331 e. The van der Waals surface area contributed by atoms with Crippen molar-refractivity contribution >= 4 is 0 Å². The normalized spacial score (nSPS) is 20.7. The quantitative estimate of drug-likeness (QED) is 0.909. The number of imidazole rings is 1. The molecule has 106 valence electrons. The van der Waals surface area contributed by atoms with Crippen molar-refractivity contribution in [2.45, 2.75) is 32.7 Å². The lowest BCUT2D eigenvalue weighted by Gasteiger charge is -2.36. The zero-order chi connectivity index (χ0) is 14.3. The summed E-state index contributed by atoms with van der Waals surface area (Å²) in [4.78, 5) is 13.5. The summed E-state index contributed by atoms with van der Waals surface area (Å²) in [7, 11) is 3.97. The first-order valence-electron chi connectivity index (χ1n) is 7.00. The first-order valence-corrected chi connectivity index (χ1v) is 7.00. The van der Waals surface area contributed by atoms with Crippen molar-refractivity contribution < 1.29 is 0 Å². The van der Waals surface area contributed by atoms with Crippen LogP contribution in [0.5, 0.6) is 0 Å². The Hall–Kier alpha value is -1.75. The summed E-state index contributed by atoms with van der Waals surface area (Å²) in [6.45, 7) is 4.60. The molecule has 3 rings (SSSR count). The maximum atomic E-state index is 4.80. The number of hydrogen-bond acceptors (Lipinski definition) is 4. The zero-order valence-electron chi connectivity index (χ0n) is 12.5. The van der Waals surface area contributed by atoms with Crippen molar-refractivity contribution in [2.75, 3.05) is 7.05 Å². The predicted octanol–water partition coefficient (Wildman–Crippen LogP) is 2.11. The molecule has 1 N–H and O–H groups in total. The lowest BCUT2D eigenvalue weighted by atomic mass is 9.74. The van der Waals surface area contributed by atoms with Crippen LogP contribution in [-0.4, -0.2) is 26.6 Å². The molecule has 0 fully saturated rings. The second kappa shape index (κ2) is 4.66. The van der Waals surface area contributed by atoms with Gasteiger partial charge in [-0.15, -0.1) is 0 Å². The Kier molecular flexibility index (Phi) is 3.09. The molecule has 20 heavy (non-hydrogen) atoms. The third kappa shape index (κ3) is 2.22. The molecule has 1 atom stereocenters. The van der Waals surface area contributed by atoms with Crippen LogP contribution in [0.15, 0.2) is 18.7 Å². The number of aryl methyl sites for hydroxylation is 1. The van der Waals surface area contributed by atoms with Crippen LogP contribution in [0, 0.1) is 5.41 Å². The first-order chi connectivity index (χ1) is 9.50. The minimum absolute atomic E-state index is 0.263. The Morgan fingerprint density at radius 1 is 1.35 bits per heavy atom. The molecule has 0 spiro atoms. The SMILES string of the molecule is CNC1CC(C)(C)Cc2nc(-c3cncn3C)ncc21. The fraction of sp³-hybridized carbons (Fsp3) is 0.533. The van der Waals surface area contributed by atoms with Gasteiger partial charge in [0.2, 0.25) is 0 Å². The lowest BCUT2D eigenvalue weighted by molar-refractivity contribution is 0.260. The Morgan fingerprint density at radius 3 is 2.80 bits per heavy atom. The molecular weight excluding hydrogens is 250 g/mol. The summed E-state index contributed by atoms with van der Waals surface area (Å²) in [6, 6.07) is 0.342. The van der Waals surface area contributed by atoms with E-state index >= 15 is 0 Å². The second-order valence-electron chi connectivity index (χ2n) is 6.37. The van der Waals surface area contributed by atoms with Gasteiger partial charge in [0, 0.05) is 30.5 Å². The molecular formula is C15H21N5. The number of nitrogens with one attached hydrogen (secondary N) is 1. The number of hydrogen-bond donors (Lipinski definition) is 1. The Bertz CT molecular complexity index is 629. The Labute approximate surface area is 119 Å². The topological polar surface area (TPSA) is 55.6 Å². The van der Waals surface area contributed by atoms with Gasteiger partial charge in [-0.25, -0.2) is 15.0 Å². The van der Waals surface area contributed by atoms with Crippen LogP contribution in [0.2, 0.25) is 0 Å². The summed E-state index contributed by atoms with van der Waals surface area (Å²) in [5.74, 6) is 0.760. The molecule has 0 amide bonds. The van der Waals surface area contributed by atoms with Crippen molar-refractivity contribution in [3.8, 4) is 11.5 Å². The summed E-state index contributed by atoms with van der Waals surface area (Å²) in [6.07, 6.45) is 7.67. The van der Waals surface area contributed by atoms with Gasteiger partial charge >= 0.3 is 0 Å². The number of fused-ring (bicyclic) bond motifs is 1. The third-order valence-corrected chi connectivity index (χ3v) is 4.07. The van der Waals surface area contributed by atoms with Crippen molar-refractivity contribution in [3.05, 3.63) is 30.0 Å². The van der Waals surface area contributed by atoms with Crippen LogP contribution in [-0.2, 0) is 13.5 Å². The van der Waals surface area contributed by atoms with E-state index in [1.807, 2.05) is 31.1 Å². The molecule has 2 aromatic rings. The van der Waals surface area contributed by atoms with Crippen molar-refractivity contribution in [3.63, 3.8) is 0 Å². The fourth-order valence-electron chi connectivity index (χ4n) is 3.00. The highest BCUT2D eigenvalue weighted by Crippen LogP contribution is 2.39. The van der Waals surface area contributed by atoms with Gasteiger partial charge in [-0.05, 0) is 25.3 Å². The van der Waals surface area contributed by atoms with Gasteiger partial charge in [0.25, 0.3) is 0 Å².